The number of hydrogen-bond acceptors (Lipinski definition) is 3. The predicted octanol–water partition coefficient (Wildman–Crippen LogP) is 0.651. The van der Waals surface area contributed by atoms with E-state index in [1.54, 1.807) is 0 Å². The maximum atomic E-state index is 11.5. The van der Waals surface area contributed by atoms with E-state index in [0.717, 1.165) is 0 Å². The molecule has 0 aromatic heterocycles. The zero-order valence-electron chi connectivity index (χ0n) is 12.2. The summed E-state index contributed by atoms with van der Waals surface area (Å²) in [5.74, 6) is 0.402. The standard InChI is InChI=1S/C13H27N3O2/c1-9(2)11(5)16-13(18)8-14-7-6-12(17)15-10(3)4/h9-11,14H,6-8H2,1-5H3,(H,15,17)(H,16,18). The number of nitrogens with one attached hydrogen (secondary N) is 3. The van der Waals surface area contributed by atoms with Crippen LogP contribution in [0.3, 0.4) is 0 Å². The second-order valence-electron chi connectivity index (χ2n) is 5.25. The van der Waals surface area contributed by atoms with Crippen LogP contribution in [-0.4, -0.2) is 37.0 Å². The first-order valence-corrected chi connectivity index (χ1v) is 6.62. The summed E-state index contributed by atoms with van der Waals surface area (Å²) in [6.07, 6.45) is 0.394. The highest BCUT2D eigenvalue weighted by Crippen LogP contribution is 1.98. The van der Waals surface area contributed by atoms with Crippen LogP contribution in [0.4, 0.5) is 0 Å². The molecule has 18 heavy (non-hydrogen) atoms. The van der Waals surface area contributed by atoms with E-state index in [-0.39, 0.29) is 30.4 Å². The molecule has 0 spiro atoms. The van der Waals surface area contributed by atoms with Gasteiger partial charge in [-0.2, -0.15) is 0 Å². The maximum absolute atomic E-state index is 11.5. The minimum Gasteiger partial charge on any atom is -0.354 e. The van der Waals surface area contributed by atoms with Gasteiger partial charge in [0.15, 0.2) is 0 Å². The third-order valence-corrected chi connectivity index (χ3v) is 2.65. The van der Waals surface area contributed by atoms with Crippen LogP contribution in [0.1, 0.15) is 41.0 Å². The fourth-order valence-electron chi connectivity index (χ4n) is 1.27. The van der Waals surface area contributed by atoms with Crippen molar-refractivity contribution in [1.82, 2.24) is 16.0 Å². The summed E-state index contributed by atoms with van der Waals surface area (Å²) in [6, 6.07) is 0.330. The molecule has 0 saturated heterocycles. The second-order valence-corrected chi connectivity index (χ2v) is 5.25. The molecule has 5 nitrogen and oxygen atoms in total. The van der Waals surface area contributed by atoms with Gasteiger partial charge >= 0.3 is 0 Å². The fraction of sp³-hybridized carbons (Fsp3) is 0.846. The molecular weight excluding hydrogens is 230 g/mol. The Morgan fingerprint density at radius 1 is 0.944 bits per heavy atom. The van der Waals surface area contributed by atoms with Crippen molar-refractivity contribution in [2.24, 2.45) is 5.92 Å². The molecule has 0 heterocycles. The molecule has 106 valence electrons. The van der Waals surface area contributed by atoms with Gasteiger partial charge in [0.05, 0.1) is 6.54 Å². The summed E-state index contributed by atoms with van der Waals surface area (Å²) in [4.78, 5) is 22.8. The van der Waals surface area contributed by atoms with Crippen molar-refractivity contribution in [1.29, 1.82) is 0 Å². The largest absolute Gasteiger partial charge is 0.354 e. The lowest BCUT2D eigenvalue weighted by molar-refractivity contribution is -0.123. The molecule has 0 saturated carbocycles. The van der Waals surface area contributed by atoms with Gasteiger partial charge in [0, 0.05) is 25.0 Å². The highest BCUT2D eigenvalue weighted by atomic mass is 16.2. The van der Waals surface area contributed by atoms with Crippen molar-refractivity contribution in [3.8, 4) is 0 Å². The topological polar surface area (TPSA) is 70.2 Å². The zero-order chi connectivity index (χ0) is 14.1. The summed E-state index contributed by atoms with van der Waals surface area (Å²) in [6.45, 7) is 10.7. The number of carbonyl (C=O) groups is 2. The average molecular weight is 257 g/mol. The molecule has 0 aliphatic heterocycles. The van der Waals surface area contributed by atoms with Crippen molar-refractivity contribution in [2.75, 3.05) is 13.1 Å². The molecule has 0 aromatic rings. The highest BCUT2D eigenvalue weighted by molar-refractivity contribution is 5.78. The van der Waals surface area contributed by atoms with Crippen LogP contribution in [0, 0.1) is 5.92 Å². The SMILES string of the molecule is CC(C)NC(=O)CCNCC(=O)NC(C)C(C)C. The number of hydrogen-bond donors (Lipinski definition) is 3. The van der Waals surface area contributed by atoms with Crippen LogP contribution in [0.15, 0.2) is 0 Å². The summed E-state index contributed by atoms with van der Waals surface area (Å²) in [5.41, 5.74) is 0. The number of amides is 2. The molecule has 0 aliphatic rings. The predicted molar refractivity (Wildman–Crippen MR) is 73.2 cm³/mol. The van der Waals surface area contributed by atoms with Gasteiger partial charge in [-0.1, -0.05) is 13.8 Å². The van der Waals surface area contributed by atoms with Crippen molar-refractivity contribution < 1.29 is 9.59 Å². The van der Waals surface area contributed by atoms with Gasteiger partial charge in [-0.25, -0.2) is 0 Å². The quantitative estimate of drug-likeness (QED) is 0.559. The molecular formula is C13H27N3O2. The Labute approximate surface area is 110 Å². The van der Waals surface area contributed by atoms with Gasteiger partial charge in [0.25, 0.3) is 0 Å². The fourth-order valence-corrected chi connectivity index (χ4v) is 1.27. The Balaban J connectivity index is 3.60. The summed E-state index contributed by atoms with van der Waals surface area (Å²) in [7, 11) is 0. The molecule has 0 fully saturated rings. The molecule has 2 amide bonds. The summed E-state index contributed by atoms with van der Waals surface area (Å²) < 4.78 is 0. The van der Waals surface area contributed by atoms with Crippen molar-refractivity contribution in [3.05, 3.63) is 0 Å². The zero-order valence-corrected chi connectivity index (χ0v) is 12.2. The molecule has 0 aliphatic carbocycles. The van der Waals surface area contributed by atoms with Gasteiger partial charge in [0.1, 0.15) is 0 Å². The van der Waals surface area contributed by atoms with Crippen LogP contribution < -0.4 is 16.0 Å². The normalized spacial score (nSPS) is 12.6. The molecule has 0 aromatic carbocycles. The monoisotopic (exact) mass is 257 g/mol. The second kappa shape index (κ2) is 8.91. The van der Waals surface area contributed by atoms with Crippen molar-refractivity contribution in [3.63, 3.8) is 0 Å². The Bertz CT molecular complexity index is 265. The van der Waals surface area contributed by atoms with Gasteiger partial charge in [0.2, 0.25) is 11.8 Å². The molecule has 0 rings (SSSR count). The Hall–Kier alpha value is -1.10. The lowest BCUT2D eigenvalue weighted by atomic mass is 10.1. The molecule has 0 bridgehead atoms. The maximum Gasteiger partial charge on any atom is 0.234 e. The molecule has 1 unspecified atom stereocenters. The first-order valence-electron chi connectivity index (χ1n) is 6.62. The van der Waals surface area contributed by atoms with E-state index in [4.69, 9.17) is 0 Å². The lowest BCUT2D eigenvalue weighted by Crippen LogP contribution is -2.42. The van der Waals surface area contributed by atoms with E-state index in [1.807, 2.05) is 20.8 Å². The van der Waals surface area contributed by atoms with Crippen LogP contribution >= 0.6 is 0 Å². The van der Waals surface area contributed by atoms with Gasteiger partial charge < -0.3 is 16.0 Å². The van der Waals surface area contributed by atoms with Crippen molar-refractivity contribution >= 4 is 11.8 Å². The molecule has 5 heteroatoms. The first-order chi connectivity index (χ1) is 8.32. The first kappa shape index (κ1) is 16.9. The summed E-state index contributed by atoms with van der Waals surface area (Å²) >= 11 is 0. The average Bonchev–Trinajstić information content (AvgIpc) is 2.23. The van der Waals surface area contributed by atoms with E-state index in [9.17, 15) is 9.59 Å². The van der Waals surface area contributed by atoms with Crippen LogP contribution in [0.5, 0.6) is 0 Å². The van der Waals surface area contributed by atoms with Crippen LogP contribution in [-0.2, 0) is 9.59 Å². The van der Waals surface area contributed by atoms with E-state index in [1.165, 1.54) is 0 Å². The smallest absolute Gasteiger partial charge is 0.234 e. The minimum atomic E-state index is -0.0273. The van der Waals surface area contributed by atoms with Crippen LogP contribution in [0.25, 0.3) is 0 Å². The van der Waals surface area contributed by atoms with Gasteiger partial charge in [-0.3, -0.25) is 9.59 Å². The Morgan fingerprint density at radius 3 is 2.06 bits per heavy atom. The number of carbonyl (C=O) groups excluding carboxylic acids is 2. The third kappa shape index (κ3) is 8.98. The van der Waals surface area contributed by atoms with Gasteiger partial charge in [-0.05, 0) is 26.7 Å². The van der Waals surface area contributed by atoms with E-state index < -0.39 is 0 Å². The Morgan fingerprint density at radius 2 is 1.56 bits per heavy atom. The lowest BCUT2D eigenvalue weighted by Gasteiger charge is -2.17. The van der Waals surface area contributed by atoms with Crippen LogP contribution in [0.2, 0.25) is 0 Å². The number of rotatable bonds is 8. The molecule has 3 N–H and O–H groups in total. The van der Waals surface area contributed by atoms with E-state index in [2.05, 4.69) is 29.8 Å². The molecule has 0 radical (unpaired) electrons. The minimum absolute atomic E-state index is 0.00783. The molecule has 1 atom stereocenters. The third-order valence-electron chi connectivity index (χ3n) is 2.65. The van der Waals surface area contributed by atoms with Gasteiger partial charge in [-0.15, -0.1) is 0 Å². The Kier molecular flexibility index (Phi) is 8.37. The summed E-state index contributed by atoms with van der Waals surface area (Å²) in [5, 5.41) is 8.66. The van der Waals surface area contributed by atoms with E-state index in [0.29, 0.717) is 18.9 Å². The highest BCUT2D eigenvalue weighted by Gasteiger charge is 2.10. The van der Waals surface area contributed by atoms with Crippen molar-refractivity contribution in [2.45, 2.75) is 53.1 Å². The van der Waals surface area contributed by atoms with E-state index >= 15 is 0 Å².